The normalized spacial score (nSPS) is 10.3. The van der Waals surface area contributed by atoms with Crippen LogP contribution in [0.5, 0.6) is 0 Å². The number of carbonyl (C=O) groups excluding carboxylic acids is 1. The van der Waals surface area contributed by atoms with Crippen molar-refractivity contribution in [1.29, 1.82) is 0 Å². The second-order valence-electron chi connectivity index (χ2n) is 4.85. The van der Waals surface area contributed by atoms with E-state index in [0.717, 1.165) is 22.4 Å². The van der Waals surface area contributed by atoms with Gasteiger partial charge in [0.2, 0.25) is 0 Å². The van der Waals surface area contributed by atoms with Crippen LogP contribution in [0.4, 0.5) is 11.4 Å². The number of rotatable bonds is 2. The minimum atomic E-state index is -0.105. The van der Waals surface area contributed by atoms with Crippen LogP contribution in [0.15, 0.2) is 36.4 Å². The topological polar surface area (TPSA) is 55.1 Å². The highest BCUT2D eigenvalue weighted by Crippen LogP contribution is 2.19. The summed E-state index contributed by atoms with van der Waals surface area (Å²) >= 11 is 0. The number of aryl methyl sites for hydroxylation is 3. The second-order valence-corrected chi connectivity index (χ2v) is 4.85. The van der Waals surface area contributed by atoms with Crippen molar-refractivity contribution in [3.63, 3.8) is 0 Å². The van der Waals surface area contributed by atoms with Gasteiger partial charge in [-0.25, -0.2) is 0 Å². The first-order valence-electron chi connectivity index (χ1n) is 6.22. The quantitative estimate of drug-likeness (QED) is 0.806. The third-order valence-electron chi connectivity index (χ3n) is 3.14. The highest BCUT2D eigenvalue weighted by molar-refractivity contribution is 6.05. The average Bonchev–Trinajstić information content (AvgIpc) is 2.33. The fourth-order valence-electron chi connectivity index (χ4n) is 2.00. The Morgan fingerprint density at radius 2 is 1.74 bits per heavy atom. The molecule has 0 saturated heterocycles. The van der Waals surface area contributed by atoms with Gasteiger partial charge in [0, 0.05) is 16.9 Å². The molecule has 0 aromatic heterocycles. The smallest absolute Gasteiger partial charge is 0.255 e. The average molecular weight is 254 g/mol. The van der Waals surface area contributed by atoms with Crippen LogP contribution in [0.25, 0.3) is 0 Å². The third-order valence-corrected chi connectivity index (χ3v) is 3.14. The number of nitrogen functional groups attached to an aromatic ring is 1. The molecule has 0 fully saturated rings. The van der Waals surface area contributed by atoms with Gasteiger partial charge in [-0.1, -0.05) is 12.1 Å². The molecular weight excluding hydrogens is 236 g/mol. The lowest BCUT2D eigenvalue weighted by molar-refractivity contribution is 0.102. The van der Waals surface area contributed by atoms with Gasteiger partial charge in [0.05, 0.1) is 0 Å². The van der Waals surface area contributed by atoms with Crippen LogP contribution in [0, 0.1) is 20.8 Å². The molecule has 2 aromatic carbocycles. The van der Waals surface area contributed by atoms with E-state index in [-0.39, 0.29) is 5.91 Å². The third kappa shape index (κ3) is 2.94. The number of nitrogens with one attached hydrogen (secondary N) is 1. The first kappa shape index (κ1) is 13.1. The summed E-state index contributed by atoms with van der Waals surface area (Å²) in [4.78, 5) is 12.3. The molecule has 3 N–H and O–H groups in total. The maximum atomic E-state index is 12.3. The Bertz CT molecular complexity index is 633. The fraction of sp³-hybridized carbons (Fsp3) is 0.188. The Morgan fingerprint density at radius 3 is 2.42 bits per heavy atom. The molecule has 1 amide bonds. The number of carbonyl (C=O) groups is 1. The molecule has 0 aliphatic heterocycles. The molecule has 0 aliphatic carbocycles. The van der Waals surface area contributed by atoms with Gasteiger partial charge in [-0.3, -0.25) is 4.79 Å². The molecule has 98 valence electrons. The lowest BCUT2D eigenvalue weighted by Gasteiger charge is -2.11. The van der Waals surface area contributed by atoms with Gasteiger partial charge in [0.15, 0.2) is 0 Å². The molecule has 3 nitrogen and oxygen atoms in total. The SMILES string of the molecule is Cc1ccc(C)c(NC(=O)c2ccc(N)cc2C)c1. The fourth-order valence-corrected chi connectivity index (χ4v) is 2.00. The lowest BCUT2D eigenvalue weighted by Crippen LogP contribution is -2.14. The molecule has 0 radical (unpaired) electrons. The van der Waals surface area contributed by atoms with Crippen molar-refractivity contribution in [3.05, 3.63) is 58.7 Å². The molecule has 0 saturated carbocycles. The monoisotopic (exact) mass is 254 g/mol. The molecule has 0 heterocycles. The molecule has 0 bridgehead atoms. The van der Waals surface area contributed by atoms with Crippen molar-refractivity contribution in [2.75, 3.05) is 11.1 Å². The number of benzene rings is 2. The van der Waals surface area contributed by atoms with Gasteiger partial charge in [0.25, 0.3) is 5.91 Å². The highest BCUT2D eigenvalue weighted by atomic mass is 16.1. The second kappa shape index (κ2) is 5.14. The molecule has 0 aliphatic rings. The van der Waals surface area contributed by atoms with Gasteiger partial charge in [-0.2, -0.15) is 0 Å². The van der Waals surface area contributed by atoms with Crippen LogP contribution in [0.2, 0.25) is 0 Å². The Kier molecular flexibility index (Phi) is 3.56. The Labute approximate surface area is 113 Å². The maximum absolute atomic E-state index is 12.3. The zero-order valence-corrected chi connectivity index (χ0v) is 11.4. The molecule has 2 aromatic rings. The number of amides is 1. The molecule has 0 spiro atoms. The van der Waals surface area contributed by atoms with E-state index in [1.165, 1.54) is 0 Å². The van der Waals surface area contributed by atoms with E-state index >= 15 is 0 Å². The van der Waals surface area contributed by atoms with Crippen LogP contribution < -0.4 is 11.1 Å². The van der Waals surface area contributed by atoms with E-state index in [0.29, 0.717) is 11.3 Å². The minimum Gasteiger partial charge on any atom is -0.399 e. The summed E-state index contributed by atoms with van der Waals surface area (Å²) in [7, 11) is 0. The van der Waals surface area contributed by atoms with Gasteiger partial charge in [0.1, 0.15) is 0 Å². The van der Waals surface area contributed by atoms with Crippen molar-refractivity contribution in [1.82, 2.24) is 0 Å². The number of anilines is 2. The first-order chi connectivity index (χ1) is 8.97. The molecule has 0 atom stereocenters. The standard InChI is InChI=1S/C16H18N2O/c1-10-4-5-11(2)15(8-10)18-16(19)14-7-6-13(17)9-12(14)3/h4-9H,17H2,1-3H3,(H,18,19). The number of hydrogen-bond donors (Lipinski definition) is 2. The van der Waals surface area contributed by atoms with Gasteiger partial charge in [-0.15, -0.1) is 0 Å². The molecule has 3 heteroatoms. The predicted octanol–water partition coefficient (Wildman–Crippen LogP) is 3.45. The van der Waals surface area contributed by atoms with E-state index < -0.39 is 0 Å². The summed E-state index contributed by atoms with van der Waals surface area (Å²) in [5.74, 6) is -0.105. The van der Waals surface area contributed by atoms with Crippen LogP contribution in [-0.4, -0.2) is 5.91 Å². The van der Waals surface area contributed by atoms with Crippen molar-refractivity contribution >= 4 is 17.3 Å². The van der Waals surface area contributed by atoms with E-state index in [2.05, 4.69) is 5.32 Å². The molecule has 19 heavy (non-hydrogen) atoms. The summed E-state index contributed by atoms with van der Waals surface area (Å²) in [6.07, 6.45) is 0. The Balaban J connectivity index is 2.28. The van der Waals surface area contributed by atoms with Gasteiger partial charge in [-0.05, 0) is 61.7 Å². The molecular formula is C16H18N2O. The van der Waals surface area contributed by atoms with Crippen LogP contribution in [0.1, 0.15) is 27.0 Å². The van der Waals surface area contributed by atoms with E-state index in [1.54, 1.807) is 18.2 Å². The van der Waals surface area contributed by atoms with Crippen LogP contribution in [-0.2, 0) is 0 Å². The Hall–Kier alpha value is -2.29. The number of nitrogens with two attached hydrogens (primary N) is 1. The van der Waals surface area contributed by atoms with Crippen molar-refractivity contribution in [2.24, 2.45) is 0 Å². The van der Waals surface area contributed by atoms with Crippen molar-refractivity contribution in [3.8, 4) is 0 Å². The summed E-state index contributed by atoms with van der Waals surface area (Å²) in [5.41, 5.74) is 10.9. The Morgan fingerprint density at radius 1 is 1.00 bits per heavy atom. The number of hydrogen-bond acceptors (Lipinski definition) is 2. The molecule has 0 unspecified atom stereocenters. The largest absolute Gasteiger partial charge is 0.399 e. The van der Waals surface area contributed by atoms with E-state index in [9.17, 15) is 4.79 Å². The summed E-state index contributed by atoms with van der Waals surface area (Å²) in [6, 6.07) is 11.3. The summed E-state index contributed by atoms with van der Waals surface area (Å²) < 4.78 is 0. The zero-order chi connectivity index (χ0) is 14.0. The minimum absolute atomic E-state index is 0.105. The first-order valence-corrected chi connectivity index (χ1v) is 6.22. The summed E-state index contributed by atoms with van der Waals surface area (Å²) in [6.45, 7) is 5.86. The van der Waals surface area contributed by atoms with E-state index in [4.69, 9.17) is 5.73 Å². The van der Waals surface area contributed by atoms with Crippen LogP contribution >= 0.6 is 0 Å². The van der Waals surface area contributed by atoms with Gasteiger partial charge < -0.3 is 11.1 Å². The van der Waals surface area contributed by atoms with Crippen molar-refractivity contribution < 1.29 is 4.79 Å². The molecule has 2 rings (SSSR count). The highest BCUT2D eigenvalue weighted by Gasteiger charge is 2.10. The van der Waals surface area contributed by atoms with Gasteiger partial charge >= 0.3 is 0 Å². The summed E-state index contributed by atoms with van der Waals surface area (Å²) in [5, 5.41) is 2.95. The lowest BCUT2D eigenvalue weighted by atomic mass is 10.1. The van der Waals surface area contributed by atoms with Crippen molar-refractivity contribution in [2.45, 2.75) is 20.8 Å². The van der Waals surface area contributed by atoms with Crippen LogP contribution in [0.3, 0.4) is 0 Å². The predicted molar refractivity (Wildman–Crippen MR) is 79.5 cm³/mol. The maximum Gasteiger partial charge on any atom is 0.255 e. The zero-order valence-electron chi connectivity index (χ0n) is 11.4. The van der Waals surface area contributed by atoms with E-state index in [1.807, 2.05) is 39.0 Å².